The molecule has 0 bridgehead atoms. The van der Waals surface area contributed by atoms with Gasteiger partial charge in [-0.05, 0) is 104 Å². The van der Waals surface area contributed by atoms with E-state index < -0.39 is 0 Å². The van der Waals surface area contributed by atoms with Gasteiger partial charge in [-0.3, -0.25) is 4.79 Å². The van der Waals surface area contributed by atoms with Gasteiger partial charge in [-0.1, -0.05) is 149 Å². The van der Waals surface area contributed by atoms with E-state index >= 15 is 0 Å². The minimum Gasteiger partial charge on any atom is -0.393 e. The molecule has 46 heavy (non-hydrogen) atoms. The number of aliphatic hydroxyl groups is 1. The van der Waals surface area contributed by atoms with Crippen LogP contribution in [0.2, 0.25) is 0 Å². The maximum Gasteiger partial charge on any atom is 0.133 e. The quantitative estimate of drug-likeness (QED) is 0.0946. The molecule has 3 saturated carbocycles. The third kappa shape index (κ3) is 10.2. The van der Waals surface area contributed by atoms with Crippen molar-refractivity contribution in [2.45, 2.75) is 214 Å². The third-order valence-corrected chi connectivity index (χ3v) is 14.6. The monoisotopic (exact) mass is 639 g/mol. The number of allylic oxidation sites excluding steroid dienone is 1. The molecule has 0 heterocycles. The molecule has 2 nitrogen and oxygen atoms in total. The zero-order chi connectivity index (χ0) is 33.0. The lowest BCUT2D eigenvalue weighted by molar-refractivity contribution is -0.120. The maximum absolute atomic E-state index is 12.7. The Balaban J connectivity index is 1.05. The fourth-order valence-electron chi connectivity index (χ4n) is 11.7. The lowest BCUT2D eigenvalue weighted by atomic mass is 9.47. The molecule has 0 radical (unpaired) electrons. The molecule has 0 aromatic rings. The lowest BCUT2D eigenvalue weighted by Crippen LogP contribution is -2.50. The van der Waals surface area contributed by atoms with Crippen molar-refractivity contribution in [1.82, 2.24) is 0 Å². The number of hydrogen-bond acceptors (Lipinski definition) is 2. The van der Waals surface area contributed by atoms with Gasteiger partial charge in [0.05, 0.1) is 6.10 Å². The molecule has 0 aliphatic heterocycles. The molecule has 0 amide bonds. The smallest absolute Gasteiger partial charge is 0.133 e. The number of aliphatic hydroxyl groups excluding tert-OH is 1. The number of rotatable bonds is 22. The van der Waals surface area contributed by atoms with Crippen LogP contribution in [-0.4, -0.2) is 17.0 Å². The molecular weight excluding hydrogens is 560 g/mol. The molecule has 4 aliphatic rings. The number of Topliss-reactive ketones (excluding diaryl/α,β-unsaturated/α-hetero) is 1. The first-order valence-corrected chi connectivity index (χ1v) is 21.1. The molecule has 0 aromatic carbocycles. The molecule has 0 spiro atoms. The number of carbonyl (C=O) groups excluding carboxylic acids is 1. The highest BCUT2D eigenvalue weighted by Gasteiger charge is 2.59. The Bertz CT molecular complexity index is 921. The van der Waals surface area contributed by atoms with E-state index in [4.69, 9.17) is 0 Å². The predicted octanol–water partition coefficient (Wildman–Crippen LogP) is 13.2. The molecule has 1 N–H and O–H groups in total. The van der Waals surface area contributed by atoms with E-state index in [1.165, 1.54) is 141 Å². The van der Waals surface area contributed by atoms with Crippen LogP contribution in [0.15, 0.2) is 11.6 Å². The van der Waals surface area contributed by atoms with Gasteiger partial charge in [0.15, 0.2) is 0 Å². The van der Waals surface area contributed by atoms with Crippen LogP contribution in [0.25, 0.3) is 0 Å². The van der Waals surface area contributed by atoms with Gasteiger partial charge in [-0.15, -0.1) is 0 Å². The van der Waals surface area contributed by atoms with Crippen molar-refractivity contribution in [3.8, 4) is 0 Å². The van der Waals surface area contributed by atoms with Crippen LogP contribution in [0.3, 0.4) is 0 Å². The van der Waals surface area contributed by atoms with Gasteiger partial charge in [0, 0.05) is 12.8 Å². The van der Waals surface area contributed by atoms with Crippen molar-refractivity contribution in [3.05, 3.63) is 11.6 Å². The molecule has 0 aromatic heterocycles. The van der Waals surface area contributed by atoms with Crippen LogP contribution >= 0.6 is 0 Å². The van der Waals surface area contributed by atoms with Crippen molar-refractivity contribution in [3.63, 3.8) is 0 Å². The minimum absolute atomic E-state index is 0.101. The molecule has 266 valence electrons. The number of carbonyl (C=O) groups is 1. The predicted molar refractivity (Wildman–Crippen MR) is 198 cm³/mol. The van der Waals surface area contributed by atoms with Crippen molar-refractivity contribution >= 4 is 5.78 Å². The van der Waals surface area contributed by atoms with Crippen LogP contribution in [0.1, 0.15) is 208 Å². The Morgan fingerprint density at radius 2 is 1.41 bits per heavy atom. The average Bonchev–Trinajstić information content (AvgIpc) is 3.39. The van der Waals surface area contributed by atoms with Gasteiger partial charge in [0.25, 0.3) is 0 Å². The first-order chi connectivity index (χ1) is 22.2. The summed E-state index contributed by atoms with van der Waals surface area (Å²) in [7, 11) is 0. The standard InChI is InChI=1S/C44H78O2/c1-6-7-8-9-10-11-12-13-14-15-16-17-18-19-23-37(45)32-34(2)21-20-22-35(3)40-26-27-41-39-25-24-36-33-38(46)28-30-43(36,4)42(39)29-31-44(40,41)5/h24,34-35,38-42,46H,6-23,25-33H2,1-5H3/t34?,35-,38+,39+,40-,41+,42+,43+,44-/m1/s1. The second kappa shape index (κ2) is 18.9. The summed E-state index contributed by atoms with van der Waals surface area (Å²) in [6.07, 6.45) is 37.3. The largest absolute Gasteiger partial charge is 0.393 e. The Kier molecular flexibility index (Phi) is 15.7. The maximum atomic E-state index is 12.7. The first kappa shape index (κ1) is 38.2. The van der Waals surface area contributed by atoms with E-state index in [2.05, 4.69) is 40.7 Å². The van der Waals surface area contributed by atoms with E-state index in [1.54, 1.807) is 5.57 Å². The van der Waals surface area contributed by atoms with Gasteiger partial charge in [-0.25, -0.2) is 0 Å². The van der Waals surface area contributed by atoms with Gasteiger partial charge in [0.2, 0.25) is 0 Å². The topological polar surface area (TPSA) is 37.3 Å². The first-order valence-electron chi connectivity index (χ1n) is 21.1. The van der Waals surface area contributed by atoms with Crippen molar-refractivity contribution in [2.24, 2.45) is 46.3 Å². The molecule has 4 aliphatic carbocycles. The highest BCUT2D eigenvalue weighted by atomic mass is 16.3. The highest BCUT2D eigenvalue weighted by Crippen LogP contribution is 2.67. The SMILES string of the molecule is CCCCCCCCCCCCCCCCC(=O)CC(C)CCC[C@@H](C)[C@H]1CC[C@H]2[C@@H]3CC=C4C[C@@H](O)CC[C@]4(C)[C@H]3CC[C@]12C. The van der Waals surface area contributed by atoms with Gasteiger partial charge in [0.1, 0.15) is 5.78 Å². The lowest BCUT2D eigenvalue weighted by Gasteiger charge is -2.58. The molecule has 4 rings (SSSR count). The molecule has 9 atom stereocenters. The van der Waals surface area contributed by atoms with Gasteiger partial charge in [-0.2, -0.15) is 0 Å². The number of hydrogen-bond donors (Lipinski definition) is 1. The van der Waals surface area contributed by atoms with Crippen molar-refractivity contribution in [2.75, 3.05) is 0 Å². The highest BCUT2D eigenvalue weighted by molar-refractivity contribution is 5.78. The van der Waals surface area contributed by atoms with Crippen molar-refractivity contribution in [1.29, 1.82) is 0 Å². The molecular formula is C44H78O2. The molecule has 0 saturated heterocycles. The Labute approximate surface area is 287 Å². The van der Waals surface area contributed by atoms with Crippen LogP contribution in [0.5, 0.6) is 0 Å². The summed E-state index contributed by atoms with van der Waals surface area (Å²) >= 11 is 0. The van der Waals surface area contributed by atoms with Gasteiger partial charge < -0.3 is 5.11 Å². The van der Waals surface area contributed by atoms with Crippen LogP contribution in [0.4, 0.5) is 0 Å². The Morgan fingerprint density at radius 3 is 2.07 bits per heavy atom. The summed E-state index contributed by atoms with van der Waals surface area (Å²) in [5.74, 6) is 5.36. The summed E-state index contributed by atoms with van der Waals surface area (Å²) in [5, 5.41) is 10.3. The zero-order valence-electron chi connectivity index (χ0n) is 31.6. The second-order valence-electron chi connectivity index (χ2n) is 18.0. The second-order valence-corrected chi connectivity index (χ2v) is 18.0. The van der Waals surface area contributed by atoms with E-state index in [-0.39, 0.29) is 6.10 Å². The summed E-state index contributed by atoms with van der Waals surface area (Å²) in [6.45, 7) is 12.4. The molecule has 3 fully saturated rings. The summed E-state index contributed by atoms with van der Waals surface area (Å²) in [5.41, 5.74) is 2.48. The average molecular weight is 639 g/mol. The number of unbranched alkanes of at least 4 members (excludes halogenated alkanes) is 13. The van der Waals surface area contributed by atoms with Crippen LogP contribution in [0, 0.1) is 46.3 Å². The molecule has 1 unspecified atom stereocenters. The Hall–Kier alpha value is -0.630. The van der Waals surface area contributed by atoms with Crippen LogP contribution < -0.4 is 0 Å². The van der Waals surface area contributed by atoms with Gasteiger partial charge >= 0.3 is 0 Å². The fourth-order valence-corrected chi connectivity index (χ4v) is 11.7. The Morgan fingerprint density at radius 1 is 0.783 bits per heavy atom. The summed E-state index contributed by atoms with van der Waals surface area (Å²) < 4.78 is 0. The summed E-state index contributed by atoms with van der Waals surface area (Å²) in [4.78, 5) is 12.7. The van der Waals surface area contributed by atoms with Crippen molar-refractivity contribution < 1.29 is 9.90 Å². The summed E-state index contributed by atoms with van der Waals surface area (Å²) in [6, 6.07) is 0. The fraction of sp³-hybridized carbons (Fsp3) is 0.932. The molecule has 2 heteroatoms. The van der Waals surface area contributed by atoms with E-state index in [1.807, 2.05) is 0 Å². The minimum atomic E-state index is -0.101. The zero-order valence-corrected chi connectivity index (χ0v) is 31.6. The third-order valence-electron chi connectivity index (χ3n) is 14.6. The van der Waals surface area contributed by atoms with E-state index in [9.17, 15) is 9.90 Å². The van der Waals surface area contributed by atoms with Crippen LogP contribution in [-0.2, 0) is 4.79 Å². The number of ketones is 1. The van der Waals surface area contributed by atoms with E-state index in [0.29, 0.717) is 22.5 Å². The number of fused-ring (bicyclic) bond motifs is 5. The van der Waals surface area contributed by atoms with E-state index in [0.717, 1.165) is 61.7 Å². The normalized spacial score (nSPS) is 33.5.